The second-order valence-corrected chi connectivity index (χ2v) is 5.95. The van der Waals surface area contributed by atoms with Crippen molar-refractivity contribution in [3.05, 3.63) is 65.2 Å². The Labute approximate surface area is 158 Å². The molecule has 3 N–H and O–H groups in total. The maximum Gasteiger partial charge on any atom is 0.416 e. The fourth-order valence-corrected chi connectivity index (χ4v) is 2.61. The molecular formula is C19H17F3N2O4. The molecule has 148 valence electrons. The molecule has 0 radical (unpaired) electrons. The number of benzene rings is 2. The molecule has 2 aromatic rings. The van der Waals surface area contributed by atoms with Crippen LogP contribution in [0.25, 0.3) is 0 Å². The Morgan fingerprint density at radius 1 is 1.04 bits per heavy atom. The van der Waals surface area contributed by atoms with Crippen molar-refractivity contribution in [2.24, 2.45) is 0 Å². The van der Waals surface area contributed by atoms with Crippen LogP contribution >= 0.6 is 0 Å². The maximum atomic E-state index is 13.1. The highest BCUT2D eigenvalue weighted by molar-refractivity contribution is 6.04. The van der Waals surface area contributed by atoms with Crippen LogP contribution in [0.5, 0.6) is 0 Å². The predicted molar refractivity (Wildman–Crippen MR) is 94.8 cm³/mol. The van der Waals surface area contributed by atoms with E-state index in [2.05, 4.69) is 10.6 Å². The molecule has 28 heavy (non-hydrogen) atoms. The van der Waals surface area contributed by atoms with E-state index in [1.807, 2.05) is 0 Å². The number of amides is 2. The molecule has 6 nitrogen and oxygen atoms in total. The molecule has 0 spiro atoms. The highest BCUT2D eigenvalue weighted by Gasteiger charge is 2.34. The van der Waals surface area contributed by atoms with Gasteiger partial charge in [-0.1, -0.05) is 30.3 Å². The Kier molecular flexibility index (Phi) is 6.40. The van der Waals surface area contributed by atoms with Crippen molar-refractivity contribution in [2.75, 3.05) is 5.32 Å². The van der Waals surface area contributed by atoms with Crippen LogP contribution in [0.4, 0.5) is 18.9 Å². The quantitative estimate of drug-likeness (QED) is 0.702. The highest BCUT2D eigenvalue weighted by Crippen LogP contribution is 2.32. The number of halogens is 3. The second kappa shape index (κ2) is 8.55. The molecule has 0 unspecified atom stereocenters. The standard InChI is InChI=1S/C19H17F3N2O4/c1-11(25)23-15-9-5-3-7-13(15)17(26)24-16(18(27)28)10-12-6-2-4-8-14(12)19(20,21)22/h2-9,16H,10H2,1H3,(H,23,25)(H,24,26)(H,27,28)/t16-/m1/s1. The molecular weight excluding hydrogens is 377 g/mol. The number of carboxylic acids is 1. The number of hydrogen-bond acceptors (Lipinski definition) is 3. The topological polar surface area (TPSA) is 95.5 Å². The zero-order valence-electron chi connectivity index (χ0n) is 14.7. The number of nitrogens with one attached hydrogen (secondary N) is 2. The summed E-state index contributed by atoms with van der Waals surface area (Å²) in [6.45, 7) is 1.24. The number of carbonyl (C=O) groups is 3. The van der Waals surface area contributed by atoms with Crippen LogP contribution in [0.15, 0.2) is 48.5 Å². The first kappa shape index (κ1) is 20.9. The van der Waals surface area contributed by atoms with Crippen molar-refractivity contribution in [2.45, 2.75) is 25.6 Å². The molecule has 0 aromatic heterocycles. The lowest BCUT2D eigenvalue weighted by molar-refractivity contribution is -0.141. The maximum absolute atomic E-state index is 13.1. The van der Waals surface area contributed by atoms with Gasteiger partial charge >= 0.3 is 12.1 Å². The summed E-state index contributed by atoms with van der Waals surface area (Å²) in [5.41, 5.74) is -1.06. The van der Waals surface area contributed by atoms with Crippen LogP contribution in [0.1, 0.15) is 28.4 Å². The van der Waals surface area contributed by atoms with Crippen LogP contribution in [-0.2, 0) is 22.2 Å². The summed E-state index contributed by atoms with van der Waals surface area (Å²) in [5.74, 6) is -2.75. The van der Waals surface area contributed by atoms with Gasteiger partial charge in [-0.2, -0.15) is 13.2 Å². The second-order valence-electron chi connectivity index (χ2n) is 5.95. The number of alkyl halides is 3. The average Bonchev–Trinajstić information content (AvgIpc) is 2.60. The van der Waals surface area contributed by atoms with Gasteiger partial charge < -0.3 is 15.7 Å². The molecule has 2 rings (SSSR count). The van der Waals surface area contributed by atoms with E-state index in [4.69, 9.17) is 0 Å². The van der Waals surface area contributed by atoms with Crippen LogP contribution < -0.4 is 10.6 Å². The lowest BCUT2D eigenvalue weighted by Gasteiger charge is -2.19. The summed E-state index contributed by atoms with van der Waals surface area (Å²) in [5, 5.41) is 14.0. The van der Waals surface area contributed by atoms with Gasteiger partial charge in [0.15, 0.2) is 0 Å². The van der Waals surface area contributed by atoms with Gasteiger partial charge in [0.2, 0.25) is 5.91 Å². The van der Waals surface area contributed by atoms with Gasteiger partial charge in [-0.3, -0.25) is 9.59 Å². The van der Waals surface area contributed by atoms with Crippen molar-refractivity contribution in [3.8, 4) is 0 Å². The molecule has 0 aliphatic carbocycles. The van der Waals surface area contributed by atoms with E-state index in [1.165, 1.54) is 37.3 Å². The van der Waals surface area contributed by atoms with Gasteiger partial charge in [0.25, 0.3) is 5.91 Å². The van der Waals surface area contributed by atoms with E-state index in [-0.39, 0.29) is 16.8 Å². The molecule has 0 heterocycles. The fraction of sp³-hybridized carbons (Fsp3) is 0.211. The van der Waals surface area contributed by atoms with Crippen molar-refractivity contribution in [1.29, 1.82) is 0 Å². The number of carbonyl (C=O) groups excluding carboxylic acids is 2. The smallest absolute Gasteiger partial charge is 0.416 e. The number of hydrogen-bond donors (Lipinski definition) is 3. The average molecular weight is 394 g/mol. The minimum Gasteiger partial charge on any atom is -0.480 e. The monoisotopic (exact) mass is 394 g/mol. The van der Waals surface area contributed by atoms with E-state index in [0.717, 1.165) is 12.1 Å². The summed E-state index contributed by atoms with van der Waals surface area (Å²) in [7, 11) is 0. The molecule has 2 aromatic carbocycles. The molecule has 0 fully saturated rings. The molecule has 0 aliphatic heterocycles. The number of carboxylic acid groups (broad SMARTS) is 1. The third kappa shape index (κ3) is 5.32. The predicted octanol–water partition coefficient (Wildman–Crippen LogP) is 3.09. The summed E-state index contributed by atoms with van der Waals surface area (Å²) in [4.78, 5) is 35.3. The number of anilines is 1. The minimum atomic E-state index is -4.65. The Morgan fingerprint density at radius 3 is 2.25 bits per heavy atom. The lowest BCUT2D eigenvalue weighted by Crippen LogP contribution is -2.42. The largest absolute Gasteiger partial charge is 0.480 e. The van der Waals surface area contributed by atoms with Crippen molar-refractivity contribution < 1.29 is 32.7 Å². The molecule has 0 aliphatic rings. The first-order chi connectivity index (χ1) is 13.1. The number of para-hydroxylation sites is 1. The van der Waals surface area contributed by atoms with Crippen LogP contribution in [0.2, 0.25) is 0 Å². The number of rotatable bonds is 6. The first-order valence-corrected chi connectivity index (χ1v) is 8.15. The zero-order chi connectivity index (χ0) is 20.9. The van der Waals surface area contributed by atoms with Gasteiger partial charge in [-0.25, -0.2) is 4.79 Å². The lowest BCUT2D eigenvalue weighted by atomic mass is 9.99. The Hall–Kier alpha value is -3.36. The van der Waals surface area contributed by atoms with Crippen LogP contribution in [0, 0.1) is 0 Å². The van der Waals surface area contributed by atoms with E-state index in [1.54, 1.807) is 6.07 Å². The van der Waals surface area contributed by atoms with E-state index in [9.17, 15) is 32.7 Å². The third-order valence-electron chi connectivity index (χ3n) is 3.83. The highest BCUT2D eigenvalue weighted by atomic mass is 19.4. The molecule has 0 bridgehead atoms. The van der Waals surface area contributed by atoms with Crippen molar-refractivity contribution in [1.82, 2.24) is 5.32 Å². The van der Waals surface area contributed by atoms with Crippen molar-refractivity contribution >= 4 is 23.5 Å². The normalized spacial score (nSPS) is 12.1. The van der Waals surface area contributed by atoms with Gasteiger partial charge in [0.1, 0.15) is 6.04 Å². The van der Waals surface area contributed by atoms with Gasteiger partial charge in [0, 0.05) is 13.3 Å². The SMILES string of the molecule is CC(=O)Nc1ccccc1C(=O)N[C@H](Cc1ccccc1C(F)(F)F)C(=O)O. The molecule has 0 saturated carbocycles. The molecule has 1 atom stereocenters. The van der Waals surface area contributed by atoms with E-state index < -0.39 is 42.0 Å². The molecule has 9 heteroatoms. The summed E-state index contributed by atoms with van der Waals surface area (Å²) in [6.07, 6.45) is -5.21. The zero-order valence-corrected chi connectivity index (χ0v) is 14.7. The van der Waals surface area contributed by atoms with Gasteiger partial charge in [-0.05, 0) is 23.8 Å². The summed E-state index contributed by atoms with van der Waals surface area (Å²) in [6, 6.07) is 8.86. The van der Waals surface area contributed by atoms with Crippen molar-refractivity contribution in [3.63, 3.8) is 0 Å². The summed E-state index contributed by atoms with van der Waals surface area (Å²) >= 11 is 0. The minimum absolute atomic E-state index is 0.00643. The molecule has 2 amide bonds. The molecule has 0 saturated heterocycles. The van der Waals surface area contributed by atoms with E-state index in [0.29, 0.717) is 0 Å². The fourth-order valence-electron chi connectivity index (χ4n) is 2.61. The Balaban J connectivity index is 2.27. The van der Waals surface area contributed by atoms with Crippen LogP contribution in [-0.4, -0.2) is 28.9 Å². The Bertz CT molecular complexity index is 897. The Morgan fingerprint density at radius 2 is 1.64 bits per heavy atom. The van der Waals surface area contributed by atoms with E-state index >= 15 is 0 Å². The summed E-state index contributed by atoms with van der Waals surface area (Å²) < 4.78 is 39.4. The van der Waals surface area contributed by atoms with Crippen LogP contribution in [0.3, 0.4) is 0 Å². The van der Waals surface area contributed by atoms with Gasteiger partial charge in [-0.15, -0.1) is 0 Å². The number of aliphatic carboxylic acids is 1. The van der Waals surface area contributed by atoms with Gasteiger partial charge in [0.05, 0.1) is 16.8 Å². The third-order valence-corrected chi connectivity index (χ3v) is 3.83. The first-order valence-electron chi connectivity index (χ1n) is 8.15.